The summed E-state index contributed by atoms with van der Waals surface area (Å²) < 4.78 is 8.52. The average Bonchev–Trinajstić information content (AvgIpc) is 2.71. The van der Waals surface area contributed by atoms with Crippen molar-refractivity contribution in [1.82, 2.24) is 20.2 Å². The molecule has 1 heterocycles. The van der Waals surface area contributed by atoms with Crippen molar-refractivity contribution in [3.05, 3.63) is 11.1 Å². The second kappa shape index (κ2) is 7.27. The summed E-state index contributed by atoms with van der Waals surface area (Å²) in [5, 5.41) is 11.4. The summed E-state index contributed by atoms with van der Waals surface area (Å²) >= 11 is 1.30. The van der Waals surface area contributed by atoms with E-state index in [9.17, 15) is 4.79 Å². The number of nitrogens with one attached hydrogen (secondary N) is 2. The number of rotatable bonds is 7. The molecule has 0 radical (unpaired) electrons. The number of carbonyl (C=O) groups excluding carboxylic acids is 1. The Morgan fingerprint density at radius 3 is 3.20 bits per heavy atom. The summed E-state index contributed by atoms with van der Waals surface area (Å²) in [7, 11) is 1.60. The summed E-state index contributed by atoms with van der Waals surface area (Å²) in [6, 6.07) is 0. The summed E-state index contributed by atoms with van der Waals surface area (Å²) in [5.74, 6) is -0.0461. The third-order valence-corrected chi connectivity index (χ3v) is 2.18. The van der Waals surface area contributed by atoms with Crippen LogP contribution >= 0.6 is 11.5 Å². The van der Waals surface area contributed by atoms with Crippen LogP contribution in [0.3, 0.4) is 0 Å². The van der Waals surface area contributed by atoms with Gasteiger partial charge in [0.25, 0.3) is 0 Å². The minimum absolute atomic E-state index is 0.0461. The molecule has 84 valence electrons. The van der Waals surface area contributed by atoms with Gasteiger partial charge in [-0.15, -0.1) is 5.10 Å². The van der Waals surface area contributed by atoms with E-state index >= 15 is 0 Å². The third kappa shape index (κ3) is 5.40. The maximum atomic E-state index is 11.2. The van der Waals surface area contributed by atoms with Crippen molar-refractivity contribution in [1.29, 1.82) is 0 Å². The van der Waals surface area contributed by atoms with E-state index in [1.165, 1.54) is 11.5 Å². The van der Waals surface area contributed by atoms with Crippen LogP contribution < -0.4 is 10.6 Å². The molecule has 2 N–H and O–H groups in total. The highest BCUT2D eigenvalue weighted by molar-refractivity contribution is 7.03. The summed E-state index contributed by atoms with van der Waals surface area (Å²) in [5.41, 5.74) is 0.852. The zero-order chi connectivity index (χ0) is 10.9. The van der Waals surface area contributed by atoms with Gasteiger partial charge in [0, 0.05) is 25.6 Å². The average molecular weight is 230 g/mol. The van der Waals surface area contributed by atoms with Crippen molar-refractivity contribution in [2.45, 2.75) is 6.54 Å². The lowest BCUT2D eigenvalue weighted by Gasteiger charge is -2.04. The molecule has 1 aromatic rings. The van der Waals surface area contributed by atoms with Crippen LogP contribution in [0.25, 0.3) is 0 Å². The van der Waals surface area contributed by atoms with E-state index in [0.29, 0.717) is 19.7 Å². The fraction of sp³-hybridized carbons (Fsp3) is 0.625. The minimum atomic E-state index is -0.0461. The first-order valence-electron chi connectivity index (χ1n) is 4.55. The Labute approximate surface area is 92.2 Å². The highest BCUT2D eigenvalue weighted by Gasteiger charge is 2.00. The predicted octanol–water partition coefficient (Wildman–Crippen LogP) is -0.610. The smallest absolute Gasteiger partial charge is 0.234 e. The van der Waals surface area contributed by atoms with Crippen LogP contribution in [0, 0.1) is 0 Å². The maximum Gasteiger partial charge on any atom is 0.234 e. The van der Waals surface area contributed by atoms with Gasteiger partial charge in [0.15, 0.2) is 0 Å². The Hall–Kier alpha value is -1.05. The first kappa shape index (κ1) is 12.0. The number of hydrogen-bond donors (Lipinski definition) is 2. The van der Waals surface area contributed by atoms with Crippen LogP contribution in [0.1, 0.15) is 5.69 Å². The third-order valence-electron chi connectivity index (χ3n) is 1.63. The summed E-state index contributed by atoms with van der Waals surface area (Å²) in [6.45, 7) is 1.91. The second-order valence-electron chi connectivity index (χ2n) is 2.84. The number of carbonyl (C=O) groups is 1. The lowest BCUT2D eigenvalue weighted by atomic mass is 10.4. The molecule has 1 amide bonds. The highest BCUT2D eigenvalue weighted by Crippen LogP contribution is 1.94. The molecule has 0 saturated heterocycles. The normalized spacial score (nSPS) is 10.2. The van der Waals surface area contributed by atoms with Gasteiger partial charge in [0.05, 0.1) is 18.8 Å². The molecule has 0 aliphatic heterocycles. The quantitative estimate of drug-likeness (QED) is 0.611. The molecule has 0 bridgehead atoms. The van der Waals surface area contributed by atoms with Crippen LogP contribution in [-0.4, -0.2) is 42.3 Å². The zero-order valence-corrected chi connectivity index (χ0v) is 9.34. The van der Waals surface area contributed by atoms with E-state index in [2.05, 4.69) is 20.2 Å². The van der Waals surface area contributed by atoms with Gasteiger partial charge in [-0.3, -0.25) is 4.79 Å². The topological polar surface area (TPSA) is 76.1 Å². The minimum Gasteiger partial charge on any atom is -0.383 e. The van der Waals surface area contributed by atoms with Gasteiger partial charge >= 0.3 is 0 Å². The van der Waals surface area contributed by atoms with Gasteiger partial charge in [0.2, 0.25) is 5.91 Å². The van der Waals surface area contributed by atoms with Crippen molar-refractivity contribution < 1.29 is 9.53 Å². The van der Waals surface area contributed by atoms with E-state index in [0.717, 1.165) is 5.69 Å². The van der Waals surface area contributed by atoms with E-state index in [-0.39, 0.29) is 12.5 Å². The molecule has 0 aliphatic rings. The second-order valence-corrected chi connectivity index (χ2v) is 3.45. The van der Waals surface area contributed by atoms with Gasteiger partial charge in [-0.25, -0.2) is 0 Å². The van der Waals surface area contributed by atoms with Crippen LogP contribution in [0.2, 0.25) is 0 Å². The van der Waals surface area contributed by atoms with E-state index in [4.69, 9.17) is 4.74 Å². The molecule has 1 aromatic heterocycles. The number of nitrogens with zero attached hydrogens (tertiary/aromatic N) is 2. The molecule has 0 aliphatic carbocycles. The Morgan fingerprint density at radius 1 is 1.67 bits per heavy atom. The summed E-state index contributed by atoms with van der Waals surface area (Å²) in [4.78, 5) is 11.2. The van der Waals surface area contributed by atoms with Crippen LogP contribution in [0.5, 0.6) is 0 Å². The Morgan fingerprint density at radius 2 is 2.53 bits per heavy atom. The highest BCUT2D eigenvalue weighted by atomic mass is 32.1. The van der Waals surface area contributed by atoms with Gasteiger partial charge in [-0.05, 0) is 11.5 Å². The molecule has 0 unspecified atom stereocenters. The number of hydrogen-bond acceptors (Lipinski definition) is 6. The molecule has 0 atom stereocenters. The largest absolute Gasteiger partial charge is 0.383 e. The lowest BCUT2D eigenvalue weighted by molar-refractivity contribution is -0.120. The molecule has 7 heteroatoms. The standard InChI is InChI=1S/C8H14N4O2S/c1-14-3-2-10-8(13)5-9-4-7-6-15-12-11-7/h6,9H,2-5H2,1H3,(H,10,13). The predicted molar refractivity (Wildman–Crippen MR) is 56.5 cm³/mol. The monoisotopic (exact) mass is 230 g/mol. The molecule has 0 saturated carbocycles. The van der Waals surface area contributed by atoms with Gasteiger partial charge in [0.1, 0.15) is 0 Å². The fourth-order valence-electron chi connectivity index (χ4n) is 0.920. The summed E-state index contributed by atoms with van der Waals surface area (Å²) in [6.07, 6.45) is 0. The van der Waals surface area contributed by atoms with E-state index < -0.39 is 0 Å². The van der Waals surface area contributed by atoms with Crippen molar-refractivity contribution in [3.63, 3.8) is 0 Å². The number of ether oxygens (including phenoxy) is 1. The lowest BCUT2D eigenvalue weighted by Crippen LogP contribution is -2.35. The molecular formula is C8H14N4O2S. The SMILES string of the molecule is COCCNC(=O)CNCc1csnn1. The first-order valence-corrected chi connectivity index (χ1v) is 5.39. The van der Waals surface area contributed by atoms with Crippen molar-refractivity contribution in [2.75, 3.05) is 26.8 Å². The van der Waals surface area contributed by atoms with Crippen molar-refractivity contribution in [3.8, 4) is 0 Å². The molecule has 0 fully saturated rings. The van der Waals surface area contributed by atoms with Crippen LogP contribution in [0.15, 0.2) is 5.38 Å². The number of aromatic nitrogens is 2. The number of methoxy groups -OCH3 is 1. The Kier molecular flexibility index (Phi) is 5.83. The van der Waals surface area contributed by atoms with E-state index in [1.54, 1.807) is 7.11 Å². The molecule has 0 aromatic carbocycles. The van der Waals surface area contributed by atoms with Crippen molar-refractivity contribution >= 4 is 17.4 Å². The molecule has 15 heavy (non-hydrogen) atoms. The van der Waals surface area contributed by atoms with Crippen LogP contribution in [-0.2, 0) is 16.1 Å². The van der Waals surface area contributed by atoms with Gasteiger partial charge < -0.3 is 15.4 Å². The van der Waals surface area contributed by atoms with E-state index in [1.807, 2.05) is 5.38 Å². The maximum absolute atomic E-state index is 11.2. The molecule has 0 spiro atoms. The zero-order valence-electron chi connectivity index (χ0n) is 8.52. The molecular weight excluding hydrogens is 216 g/mol. The Bertz CT molecular complexity index is 278. The Balaban J connectivity index is 2.02. The first-order chi connectivity index (χ1) is 7.33. The fourth-order valence-corrected chi connectivity index (χ4v) is 1.37. The van der Waals surface area contributed by atoms with Gasteiger partial charge in [-0.2, -0.15) is 0 Å². The van der Waals surface area contributed by atoms with Gasteiger partial charge in [-0.1, -0.05) is 4.49 Å². The van der Waals surface area contributed by atoms with Crippen LogP contribution in [0.4, 0.5) is 0 Å². The molecule has 6 nitrogen and oxygen atoms in total. The number of amides is 1. The molecule has 1 rings (SSSR count). The van der Waals surface area contributed by atoms with Crippen molar-refractivity contribution in [2.24, 2.45) is 0 Å².